The van der Waals surface area contributed by atoms with Crippen LogP contribution in [0.5, 0.6) is 0 Å². The van der Waals surface area contributed by atoms with Gasteiger partial charge in [-0.05, 0) is 12.1 Å². The van der Waals surface area contributed by atoms with Crippen molar-refractivity contribution in [1.29, 1.82) is 0 Å². The lowest BCUT2D eigenvalue weighted by Gasteiger charge is -1.94. The van der Waals surface area contributed by atoms with Crippen molar-refractivity contribution in [3.63, 3.8) is 0 Å². The SMILES string of the molecule is CCc1nc(Cl)c2ccccn12. The lowest BCUT2D eigenvalue weighted by atomic mass is 10.4. The first-order chi connectivity index (χ1) is 5.83. The Morgan fingerprint density at radius 2 is 2.33 bits per heavy atom. The van der Waals surface area contributed by atoms with Gasteiger partial charge in [-0.25, -0.2) is 4.98 Å². The van der Waals surface area contributed by atoms with Gasteiger partial charge in [0, 0.05) is 12.6 Å². The molecule has 2 nitrogen and oxygen atoms in total. The van der Waals surface area contributed by atoms with Crippen LogP contribution in [0.15, 0.2) is 24.4 Å². The Balaban J connectivity index is 2.82. The summed E-state index contributed by atoms with van der Waals surface area (Å²) in [6.45, 7) is 2.07. The summed E-state index contributed by atoms with van der Waals surface area (Å²) >= 11 is 5.92. The molecular weight excluding hydrogens is 172 g/mol. The van der Waals surface area contributed by atoms with Gasteiger partial charge in [0.2, 0.25) is 0 Å². The third kappa shape index (κ3) is 0.994. The van der Waals surface area contributed by atoms with Crippen LogP contribution in [0.4, 0.5) is 0 Å². The maximum Gasteiger partial charge on any atom is 0.155 e. The Labute approximate surface area is 75.8 Å². The van der Waals surface area contributed by atoms with Crippen molar-refractivity contribution in [2.75, 3.05) is 0 Å². The van der Waals surface area contributed by atoms with E-state index in [4.69, 9.17) is 11.6 Å². The van der Waals surface area contributed by atoms with Gasteiger partial charge in [0.05, 0.1) is 5.52 Å². The fourth-order valence-corrected chi connectivity index (χ4v) is 1.56. The molecule has 2 aromatic rings. The molecule has 0 fully saturated rings. The van der Waals surface area contributed by atoms with Crippen LogP contribution in [0, 0.1) is 0 Å². The largest absolute Gasteiger partial charge is 0.302 e. The minimum absolute atomic E-state index is 0.590. The highest BCUT2D eigenvalue weighted by atomic mass is 35.5. The van der Waals surface area contributed by atoms with Gasteiger partial charge in [-0.2, -0.15) is 0 Å². The van der Waals surface area contributed by atoms with E-state index < -0.39 is 0 Å². The van der Waals surface area contributed by atoms with Crippen molar-refractivity contribution in [1.82, 2.24) is 9.38 Å². The van der Waals surface area contributed by atoms with Crippen LogP contribution in [0.2, 0.25) is 5.15 Å². The first-order valence-electron chi connectivity index (χ1n) is 3.94. The topological polar surface area (TPSA) is 17.3 Å². The lowest BCUT2D eigenvalue weighted by Crippen LogP contribution is -1.90. The molecule has 2 aromatic heterocycles. The summed E-state index contributed by atoms with van der Waals surface area (Å²) in [6.07, 6.45) is 2.88. The molecule has 12 heavy (non-hydrogen) atoms. The molecule has 0 spiro atoms. The second-order valence-electron chi connectivity index (χ2n) is 2.63. The molecule has 0 atom stereocenters. The van der Waals surface area contributed by atoms with Gasteiger partial charge in [0.25, 0.3) is 0 Å². The van der Waals surface area contributed by atoms with E-state index in [9.17, 15) is 0 Å². The number of pyridine rings is 1. The first-order valence-corrected chi connectivity index (χ1v) is 4.32. The Morgan fingerprint density at radius 1 is 1.50 bits per heavy atom. The zero-order chi connectivity index (χ0) is 8.55. The third-order valence-corrected chi connectivity index (χ3v) is 2.17. The molecule has 0 saturated heterocycles. The standard InChI is InChI=1S/C9H9ClN2/c1-2-8-11-9(10)7-5-3-4-6-12(7)8/h3-6H,2H2,1H3. The molecule has 3 heteroatoms. The van der Waals surface area contributed by atoms with Crippen LogP contribution in [0.1, 0.15) is 12.7 Å². The summed E-state index contributed by atoms with van der Waals surface area (Å²) in [7, 11) is 0. The maximum atomic E-state index is 5.92. The lowest BCUT2D eigenvalue weighted by molar-refractivity contribution is 0.933. The molecule has 0 saturated carbocycles. The number of halogens is 1. The molecule has 62 valence electrons. The molecule has 2 heterocycles. The van der Waals surface area contributed by atoms with E-state index in [2.05, 4.69) is 11.9 Å². The van der Waals surface area contributed by atoms with Crippen molar-refractivity contribution in [2.24, 2.45) is 0 Å². The average Bonchev–Trinajstić information content (AvgIpc) is 2.44. The van der Waals surface area contributed by atoms with Gasteiger partial charge in [0.1, 0.15) is 5.82 Å². The number of hydrogen-bond donors (Lipinski definition) is 0. The second kappa shape index (κ2) is 2.79. The highest BCUT2D eigenvalue weighted by molar-refractivity contribution is 6.32. The smallest absolute Gasteiger partial charge is 0.155 e. The van der Waals surface area contributed by atoms with E-state index in [1.165, 1.54) is 0 Å². The normalized spacial score (nSPS) is 10.8. The summed E-state index contributed by atoms with van der Waals surface area (Å²) in [6, 6.07) is 5.90. The summed E-state index contributed by atoms with van der Waals surface area (Å²) < 4.78 is 2.02. The number of rotatable bonds is 1. The van der Waals surface area contributed by atoms with Crippen molar-refractivity contribution in [3.05, 3.63) is 35.4 Å². The van der Waals surface area contributed by atoms with Gasteiger partial charge in [-0.1, -0.05) is 24.6 Å². The molecule has 0 aliphatic rings. The van der Waals surface area contributed by atoms with Crippen molar-refractivity contribution >= 4 is 17.1 Å². The number of nitrogens with zero attached hydrogens (tertiary/aromatic N) is 2. The fourth-order valence-electron chi connectivity index (χ4n) is 1.31. The molecule has 0 radical (unpaired) electrons. The van der Waals surface area contributed by atoms with Gasteiger partial charge in [-0.15, -0.1) is 0 Å². The fraction of sp³-hybridized carbons (Fsp3) is 0.222. The van der Waals surface area contributed by atoms with Crippen LogP contribution < -0.4 is 0 Å². The van der Waals surface area contributed by atoms with Crippen LogP contribution >= 0.6 is 11.6 Å². The molecule has 0 bridgehead atoms. The van der Waals surface area contributed by atoms with E-state index >= 15 is 0 Å². The Morgan fingerprint density at radius 3 is 3.08 bits per heavy atom. The zero-order valence-corrected chi connectivity index (χ0v) is 7.54. The van der Waals surface area contributed by atoms with Crippen LogP contribution in [0.25, 0.3) is 5.52 Å². The number of hydrogen-bond acceptors (Lipinski definition) is 1. The number of aryl methyl sites for hydroxylation is 1. The van der Waals surface area contributed by atoms with Crippen molar-refractivity contribution < 1.29 is 0 Å². The Bertz CT molecular complexity index is 406. The highest BCUT2D eigenvalue weighted by Crippen LogP contribution is 2.17. The molecule has 2 rings (SSSR count). The number of imidazole rings is 1. The number of aromatic nitrogens is 2. The van der Waals surface area contributed by atoms with Gasteiger partial charge in [-0.3, -0.25) is 0 Å². The molecule has 0 unspecified atom stereocenters. The summed E-state index contributed by atoms with van der Waals surface area (Å²) in [5, 5.41) is 0.590. The van der Waals surface area contributed by atoms with E-state index in [1.54, 1.807) is 0 Å². The summed E-state index contributed by atoms with van der Waals surface area (Å²) in [4.78, 5) is 4.24. The van der Waals surface area contributed by atoms with Gasteiger partial charge in [0.15, 0.2) is 5.15 Å². The van der Waals surface area contributed by atoms with E-state index in [1.807, 2.05) is 28.8 Å². The predicted octanol–water partition coefficient (Wildman–Crippen LogP) is 2.55. The highest BCUT2D eigenvalue weighted by Gasteiger charge is 2.05. The molecule has 0 aliphatic heterocycles. The molecule has 0 N–H and O–H groups in total. The zero-order valence-electron chi connectivity index (χ0n) is 6.79. The number of fused-ring (bicyclic) bond motifs is 1. The van der Waals surface area contributed by atoms with Crippen LogP contribution in [-0.2, 0) is 6.42 Å². The predicted molar refractivity (Wildman–Crippen MR) is 49.6 cm³/mol. The van der Waals surface area contributed by atoms with Crippen molar-refractivity contribution in [3.8, 4) is 0 Å². The van der Waals surface area contributed by atoms with Crippen molar-refractivity contribution in [2.45, 2.75) is 13.3 Å². The maximum absolute atomic E-state index is 5.92. The van der Waals surface area contributed by atoms with Gasteiger partial charge < -0.3 is 4.40 Å². The Hall–Kier alpha value is -1.02. The summed E-state index contributed by atoms with van der Waals surface area (Å²) in [5.74, 6) is 1.01. The van der Waals surface area contributed by atoms with Crippen LogP contribution in [-0.4, -0.2) is 9.38 Å². The monoisotopic (exact) mass is 180 g/mol. The molecular formula is C9H9ClN2. The molecule has 0 amide bonds. The first kappa shape index (κ1) is 7.62. The molecule has 0 aromatic carbocycles. The van der Waals surface area contributed by atoms with Crippen LogP contribution in [0.3, 0.4) is 0 Å². The third-order valence-electron chi connectivity index (χ3n) is 1.89. The van der Waals surface area contributed by atoms with E-state index in [0.29, 0.717) is 5.15 Å². The van der Waals surface area contributed by atoms with Gasteiger partial charge >= 0.3 is 0 Å². The quantitative estimate of drug-likeness (QED) is 0.660. The average molecular weight is 181 g/mol. The van der Waals surface area contributed by atoms with E-state index in [-0.39, 0.29) is 0 Å². The second-order valence-corrected chi connectivity index (χ2v) is 2.99. The Kier molecular flexibility index (Phi) is 1.77. The minimum Gasteiger partial charge on any atom is -0.302 e. The minimum atomic E-state index is 0.590. The summed E-state index contributed by atoms with van der Waals surface area (Å²) in [5.41, 5.74) is 0.982. The van der Waals surface area contributed by atoms with E-state index in [0.717, 1.165) is 17.8 Å². The molecule has 0 aliphatic carbocycles.